The third-order valence-corrected chi connectivity index (χ3v) is 7.74. The molecule has 0 spiro atoms. The average Bonchev–Trinajstić information content (AvgIpc) is 2.92. The lowest BCUT2D eigenvalue weighted by Gasteiger charge is -2.15. The molecule has 0 saturated carbocycles. The number of ether oxygens (including phenoxy) is 2. The fourth-order valence-corrected chi connectivity index (χ4v) is 4.86. The molecule has 202 valence electrons. The van der Waals surface area contributed by atoms with E-state index in [0.29, 0.717) is 44.6 Å². The van der Waals surface area contributed by atoms with Gasteiger partial charge in [0.25, 0.3) is 11.5 Å². The van der Waals surface area contributed by atoms with Crippen LogP contribution in [0.4, 0.5) is 5.69 Å². The van der Waals surface area contributed by atoms with Gasteiger partial charge < -0.3 is 14.8 Å². The molecule has 0 unspecified atom stereocenters. The van der Waals surface area contributed by atoms with Crippen molar-refractivity contribution in [3.8, 4) is 11.5 Å². The van der Waals surface area contributed by atoms with E-state index in [0.717, 1.165) is 16.5 Å². The van der Waals surface area contributed by atoms with E-state index in [4.69, 9.17) is 21.1 Å². The molecule has 0 aliphatic carbocycles. The number of fused-ring (bicyclic) bond motifs is 1. The SMILES string of the molecule is CCCc1nc2ccc(Br)cc2c(=O)n1N=Cc1cc(OC)c(OCC(=O)Nc2ccccc2C)c(Cl)c1Br. The smallest absolute Gasteiger partial charge is 0.282 e. The normalized spacial score (nSPS) is 11.2. The van der Waals surface area contributed by atoms with E-state index in [-0.39, 0.29) is 28.8 Å². The van der Waals surface area contributed by atoms with Gasteiger partial charge in [-0.1, -0.05) is 52.7 Å². The Balaban J connectivity index is 1.63. The van der Waals surface area contributed by atoms with Crippen molar-refractivity contribution < 1.29 is 14.3 Å². The van der Waals surface area contributed by atoms with Crippen LogP contribution >= 0.6 is 43.5 Å². The summed E-state index contributed by atoms with van der Waals surface area (Å²) in [4.78, 5) is 30.4. The molecule has 39 heavy (non-hydrogen) atoms. The Kier molecular flexibility index (Phi) is 9.42. The second kappa shape index (κ2) is 12.8. The number of nitrogens with zero attached hydrogens (tertiary/aromatic N) is 3. The average molecular weight is 677 g/mol. The van der Waals surface area contributed by atoms with Crippen LogP contribution in [0.1, 0.15) is 30.3 Å². The predicted molar refractivity (Wildman–Crippen MR) is 162 cm³/mol. The number of rotatable bonds is 9. The maximum Gasteiger partial charge on any atom is 0.282 e. The van der Waals surface area contributed by atoms with E-state index in [9.17, 15) is 9.59 Å². The van der Waals surface area contributed by atoms with E-state index < -0.39 is 0 Å². The van der Waals surface area contributed by atoms with Crippen molar-refractivity contribution in [1.29, 1.82) is 0 Å². The lowest BCUT2D eigenvalue weighted by Crippen LogP contribution is -2.22. The molecule has 11 heteroatoms. The molecule has 0 aliphatic rings. The first kappa shape index (κ1) is 28.8. The third kappa shape index (κ3) is 6.51. The minimum atomic E-state index is -0.345. The summed E-state index contributed by atoms with van der Waals surface area (Å²) in [6, 6.07) is 14.5. The Bertz CT molecular complexity index is 1640. The zero-order chi connectivity index (χ0) is 28.1. The quantitative estimate of drug-likeness (QED) is 0.198. The monoisotopic (exact) mass is 674 g/mol. The Hall–Kier alpha value is -3.21. The van der Waals surface area contributed by atoms with Gasteiger partial charge in [-0.3, -0.25) is 9.59 Å². The molecular formula is C28H25Br2ClN4O4. The molecule has 0 saturated heterocycles. The zero-order valence-electron chi connectivity index (χ0n) is 21.4. The number of carbonyl (C=O) groups excluding carboxylic acids is 1. The summed E-state index contributed by atoms with van der Waals surface area (Å²) >= 11 is 13.5. The van der Waals surface area contributed by atoms with Crippen molar-refractivity contribution in [2.24, 2.45) is 5.10 Å². The van der Waals surface area contributed by atoms with Gasteiger partial charge in [-0.15, -0.1) is 0 Å². The summed E-state index contributed by atoms with van der Waals surface area (Å²) in [6.45, 7) is 3.63. The lowest BCUT2D eigenvalue weighted by molar-refractivity contribution is -0.118. The molecule has 4 rings (SSSR count). The Morgan fingerprint density at radius 3 is 2.69 bits per heavy atom. The largest absolute Gasteiger partial charge is 0.493 e. The summed E-state index contributed by atoms with van der Waals surface area (Å²) in [5.74, 6) is 0.698. The third-order valence-electron chi connectivity index (χ3n) is 5.80. The number of anilines is 1. The molecule has 0 bridgehead atoms. The Morgan fingerprint density at radius 1 is 1.21 bits per heavy atom. The van der Waals surface area contributed by atoms with E-state index in [1.165, 1.54) is 18.0 Å². The van der Waals surface area contributed by atoms with Crippen LogP contribution in [0.25, 0.3) is 10.9 Å². The number of methoxy groups -OCH3 is 1. The number of carbonyl (C=O) groups is 1. The molecule has 4 aromatic rings. The molecule has 1 heterocycles. The van der Waals surface area contributed by atoms with Gasteiger partial charge in [-0.25, -0.2) is 4.98 Å². The van der Waals surface area contributed by atoms with Crippen LogP contribution in [0.5, 0.6) is 11.5 Å². The topological polar surface area (TPSA) is 94.8 Å². The number of hydrogen-bond donors (Lipinski definition) is 1. The van der Waals surface area contributed by atoms with Crippen molar-refractivity contribution in [3.05, 3.63) is 89.8 Å². The maximum absolute atomic E-state index is 13.3. The summed E-state index contributed by atoms with van der Waals surface area (Å²) in [5.41, 5.74) is 2.50. The second-order valence-corrected chi connectivity index (χ2v) is 10.7. The summed E-state index contributed by atoms with van der Waals surface area (Å²) in [6.07, 6.45) is 2.86. The van der Waals surface area contributed by atoms with Crippen molar-refractivity contribution in [2.45, 2.75) is 26.7 Å². The van der Waals surface area contributed by atoms with Crippen molar-refractivity contribution >= 4 is 72.2 Å². The van der Waals surface area contributed by atoms with Crippen LogP contribution in [0.2, 0.25) is 5.02 Å². The number of amides is 1. The van der Waals surface area contributed by atoms with Gasteiger partial charge >= 0.3 is 0 Å². The highest BCUT2D eigenvalue weighted by molar-refractivity contribution is 9.10. The first-order chi connectivity index (χ1) is 18.7. The highest BCUT2D eigenvalue weighted by Crippen LogP contribution is 2.42. The van der Waals surface area contributed by atoms with Crippen LogP contribution in [-0.4, -0.2) is 35.5 Å². The highest BCUT2D eigenvalue weighted by Gasteiger charge is 2.19. The molecule has 1 N–H and O–H groups in total. The van der Waals surface area contributed by atoms with Crippen LogP contribution in [0, 0.1) is 6.92 Å². The van der Waals surface area contributed by atoms with Gasteiger partial charge in [0.1, 0.15) is 10.8 Å². The van der Waals surface area contributed by atoms with Crippen LogP contribution in [-0.2, 0) is 11.2 Å². The Labute approximate surface area is 247 Å². The first-order valence-corrected chi connectivity index (χ1v) is 14.0. The van der Waals surface area contributed by atoms with Gasteiger partial charge in [-0.2, -0.15) is 9.78 Å². The number of halogens is 3. The van der Waals surface area contributed by atoms with E-state index >= 15 is 0 Å². The predicted octanol–water partition coefficient (Wildman–Crippen LogP) is 6.74. The molecule has 0 aliphatic heterocycles. The lowest BCUT2D eigenvalue weighted by atomic mass is 10.2. The molecule has 1 amide bonds. The van der Waals surface area contributed by atoms with Gasteiger partial charge in [0, 0.05) is 26.6 Å². The standard InChI is InChI=1S/C28H25Br2ClN4O4/c1-4-7-23-33-21-11-10-18(29)13-19(21)28(37)35(23)32-14-17-12-22(38-3)27(26(31)25(17)30)39-15-24(36)34-20-9-6-5-8-16(20)2/h5-6,8-14H,4,7,15H2,1-3H3,(H,34,36). The van der Waals surface area contributed by atoms with Gasteiger partial charge in [0.2, 0.25) is 0 Å². The number of aryl methyl sites for hydroxylation is 2. The molecule has 3 aromatic carbocycles. The minimum absolute atomic E-state index is 0.196. The minimum Gasteiger partial charge on any atom is -0.493 e. The van der Waals surface area contributed by atoms with E-state index in [1.807, 2.05) is 44.2 Å². The van der Waals surface area contributed by atoms with Crippen LogP contribution in [0.15, 0.2) is 67.4 Å². The zero-order valence-corrected chi connectivity index (χ0v) is 25.4. The van der Waals surface area contributed by atoms with Crippen molar-refractivity contribution in [2.75, 3.05) is 19.0 Å². The summed E-state index contributed by atoms with van der Waals surface area (Å²) < 4.78 is 13.8. The van der Waals surface area contributed by atoms with Crippen molar-refractivity contribution in [3.63, 3.8) is 0 Å². The molecule has 8 nitrogen and oxygen atoms in total. The number of hydrogen-bond acceptors (Lipinski definition) is 6. The molecular weight excluding hydrogens is 652 g/mol. The number of para-hydroxylation sites is 1. The fraction of sp³-hybridized carbons (Fsp3) is 0.214. The van der Waals surface area contributed by atoms with E-state index in [2.05, 4.69) is 47.3 Å². The molecule has 0 atom stereocenters. The number of benzene rings is 3. The van der Waals surface area contributed by atoms with Gasteiger partial charge in [0.15, 0.2) is 18.1 Å². The molecule has 0 fully saturated rings. The molecule has 0 radical (unpaired) electrons. The van der Waals surface area contributed by atoms with Crippen LogP contribution in [0.3, 0.4) is 0 Å². The fourth-order valence-electron chi connectivity index (χ4n) is 3.84. The van der Waals surface area contributed by atoms with Gasteiger partial charge in [0.05, 0.1) is 24.2 Å². The first-order valence-electron chi connectivity index (χ1n) is 12.0. The van der Waals surface area contributed by atoms with Crippen molar-refractivity contribution in [1.82, 2.24) is 9.66 Å². The summed E-state index contributed by atoms with van der Waals surface area (Å²) in [5, 5.41) is 7.92. The number of aromatic nitrogens is 2. The second-order valence-electron chi connectivity index (χ2n) is 8.58. The Morgan fingerprint density at radius 2 is 1.97 bits per heavy atom. The van der Waals surface area contributed by atoms with Gasteiger partial charge in [-0.05, 0) is 65.2 Å². The van der Waals surface area contributed by atoms with E-state index in [1.54, 1.807) is 18.2 Å². The number of nitrogens with one attached hydrogen (secondary N) is 1. The van der Waals surface area contributed by atoms with Crippen LogP contribution < -0.4 is 20.3 Å². The maximum atomic E-state index is 13.3. The molecule has 1 aromatic heterocycles. The highest BCUT2D eigenvalue weighted by atomic mass is 79.9. The summed E-state index contributed by atoms with van der Waals surface area (Å²) in [7, 11) is 1.47.